The van der Waals surface area contributed by atoms with Crippen molar-refractivity contribution in [2.24, 2.45) is 0 Å². The molecule has 1 saturated carbocycles. The average molecular weight is 292 g/mol. The monoisotopic (exact) mass is 291 g/mol. The third kappa shape index (κ3) is 2.42. The number of nitrogens with zero attached hydrogens (tertiary/aromatic N) is 1. The van der Waals surface area contributed by atoms with E-state index in [1.807, 2.05) is 17.9 Å². The molecule has 0 atom stereocenters. The molecule has 0 unspecified atom stereocenters. The summed E-state index contributed by atoms with van der Waals surface area (Å²) in [6, 6.07) is 7.56. The van der Waals surface area contributed by atoms with E-state index in [0.29, 0.717) is 22.4 Å². The molecule has 1 fully saturated rings. The van der Waals surface area contributed by atoms with Crippen molar-refractivity contribution >= 4 is 28.5 Å². The third-order valence-corrected chi connectivity index (χ3v) is 4.29. The Kier molecular flexibility index (Phi) is 3.70. The Bertz CT molecular complexity index is 628. The molecule has 3 nitrogen and oxygen atoms in total. The van der Waals surface area contributed by atoms with E-state index in [-0.39, 0.29) is 5.91 Å². The summed E-state index contributed by atoms with van der Waals surface area (Å²) in [6.45, 7) is 2.75. The van der Waals surface area contributed by atoms with Gasteiger partial charge in [-0.3, -0.25) is 4.79 Å². The van der Waals surface area contributed by atoms with Crippen LogP contribution in [0, 0.1) is 0 Å². The van der Waals surface area contributed by atoms with Crippen LogP contribution in [-0.4, -0.2) is 23.4 Å². The second-order valence-corrected chi connectivity index (χ2v) is 5.76. The summed E-state index contributed by atoms with van der Waals surface area (Å²) in [5.74, 6) is 0.405. The molecule has 0 saturated heterocycles. The van der Waals surface area contributed by atoms with Crippen molar-refractivity contribution in [2.45, 2.75) is 38.6 Å². The molecule has 20 heavy (non-hydrogen) atoms. The minimum Gasteiger partial charge on any atom is -0.451 e. The van der Waals surface area contributed by atoms with E-state index in [1.54, 1.807) is 18.2 Å². The number of halogens is 1. The predicted octanol–water partition coefficient (Wildman–Crippen LogP) is 4.49. The predicted molar refractivity (Wildman–Crippen MR) is 80.2 cm³/mol. The summed E-state index contributed by atoms with van der Waals surface area (Å²) < 4.78 is 5.68. The van der Waals surface area contributed by atoms with Crippen LogP contribution in [0.5, 0.6) is 0 Å². The van der Waals surface area contributed by atoms with Gasteiger partial charge in [0.2, 0.25) is 0 Å². The van der Waals surface area contributed by atoms with Crippen molar-refractivity contribution in [1.29, 1.82) is 0 Å². The highest BCUT2D eigenvalue weighted by atomic mass is 35.5. The number of furan rings is 1. The lowest BCUT2D eigenvalue weighted by Crippen LogP contribution is -2.38. The van der Waals surface area contributed by atoms with Crippen LogP contribution in [0.2, 0.25) is 5.02 Å². The van der Waals surface area contributed by atoms with Crippen LogP contribution in [0.15, 0.2) is 28.7 Å². The molecule has 2 aromatic rings. The maximum Gasteiger partial charge on any atom is 0.289 e. The van der Waals surface area contributed by atoms with Crippen LogP contribution in [-0.2, 0) is 0 Å². The molecule has 1 heterocycles. The summed E-state index contributed by atoms with van der Waals surface area (Å²) in [7, 11) is 0. The van der Waals surface area contributed by atoms with Gasteiger partial charge in [0.05, 0.1) is 0 Å². The molecule has 1 aromatic heterocycles. The van der Waals surface area contributed by atoms with Gasteiger partial charge in [-0.1, -0.05) is 24.4 Å². The summed E-state index contributed by atoms with van der Waals surface area (Å²) in [6.07, 6.45) is 4.63. The lowest BCUT2D eigenvalue weighted by molar-refractivity contribution is 0.0663. The summed E-state index contributed by atoms with van der Waals surface area (Å²) in [5.41, 5.74) is 0.709. The van der Waals surface area contributed by atoms with Gasteiger partial charge < -0.3 is 9.32 Å². The molecule has 0 bridgehead atoms. The first kappa shape index (κ1) is 13.5. The zero-order chi connectivity index (χ0) is 14.1. The molecule has 106 valence electrons. The number of rotatable bonds is 3. The highest BCUT2D eigenvalue weighted by Gasteiger charge is 2.28. The van der Waals surface area contributed by atoms with Gasteiger partial charge in [0.25, 0.3) is 5.91 Å². The Morgan fingerprint density at radius 1 is 1.35 bits per heavy atom. The fourth-order valence-corrected chi connectivity index (χ4v) is 3.23. The molecular weight excluding hydrogens is 274 g/mol. The molecule has 0 spiro atoms. The highest BCUT2D eigenvalue weighted by molar-refractivity contribution is 6.31. The van der Waals surface area contributed by atoms with Crippen molar-refractivity contribution in [1.82, 2.24) is 4.90 Å². The maximum absolute atomic E-state index is 12.6. The topological polar surface area (TPSA) is 33.5 Å². The van der Waals surface area contributed by atoms with E-state index in [0.717, 1.165) is 24.8 Å². The van der Waals surface area contributed by atoms with Crippen LogP contribution in [0.25, 0.3) is 11.0 Å². The molecule has 0 aliphatic heterocycles. The van der Waals surface area contributed by atoms with Crippen LogP contribution in [0.4, 0.5) is 0 Å². The van der Waals surface area contributed by atoms with Gasteiger partial charge in [0.1, 0.15) is 5.58 Å². The SMILES string of the molecule is CCN(C(=O)c1cc2cc(Cl)ccc2o1)C1CCCC1. The Hall–Kier alpha value is -1.48. The largest absolute Gasteiger partial charge is 0.451 e. The first-order valence-electron chi connectivity index (χ1n) is 7.19. The normalized spacial score (nSPS) is 15.9. The number of amides is 1. The fraction of sp³-hybridized carbons (Fsp3) is 0.438. The number of hydrogen-bond donors (Lipinski definition) is 0. The van der Waals surface area contributed by atoms with Crippen LogP contribution in [0.1, 0.15) is 43.2 Å². The average Bonchev–Trinajstić information content (AvgIpc) is 3.07. The number of fused-ring (bicyclic) bond motifs is 1. The van der Waals surface area contributed by atoms with E-state index < -0.39 is 0 Å². The fourth-order valence-electron chi connectivity index (χ4n) is 3.04. The Morgan fingerprint density at radius 2 is 2.10 bits per heavy atom. The number of carbonyl (C=O) groups is 1. The van der Waals surface area contributed by atoms with Crippen molar-refractivity contribution < 1.29 is 9.21 Å². The van der Waals surface area contributed by atoms with Crippen molar-refractivity contribution in [3.63, 3.8) is 0 Å². The van der Waals surface area contributed by atoms with Gasteiger partial charge in [-0.2, -0.15) is 0 Å². The van der Waals surface area contributed by atoms with Crippen LogP contribution in [0.3, 0.4) is 0 Å². The molecule has 1 aliphatic carbocycles. The molecule has 1 aromatic carbocycles. The quantitative estimate of drug-likeness (QED) is 0.835. The lowest BCUT2D eigenvalue weighted by atomic mass is 10.2. The molecular formula is C16H18ClNO2. The standard InChI is InChI=1S/C16H18ClNO2/c1-2-18(13-5-3-4-6-13)16(19)15-10-11-9-12(17)7-8-14(11)20-15/h7-10,13H,2-6H2,1H3. The van der Waals surface area contributed by atoms with Gasteiger partial charge in [-0.15, -0.1) is 0 Å². The van der Waals surface area contributed by atoms with Gasteiger partial charge >= 0.3 is 0 Å². The number of benzene rings is 1. The highest BCUT2D eigenvalue weighted by Crippen LogP contribution is 2.27. The van der Waals surface area contributed by atoms with E-state index in [9.17, 15) is 4.79 Å². The number of carbonyl (C=O) groups excluding carboxylic acids is 1. The lowest BCUT2D eigenvalue weighted by Gasteiger charge is -2.26. The second-order valence-electron chi connectivity index (χ2n) is 5.32. The second kappa shape index (κ2) is 5.49. The van der Waals surface area contributed by atoms with Crippen LogP contribution >= 0.6 is 11.6 Å². The minimum absolute atomic E-state index is 0.00766. The van der Waals surface area contributed by atoms with Gasteiger partial charge in [0.15, 0.2) is 5.76 Å². The van der Waals surface area contributed by atoms with E-state index >= 15 is 0 Å². The molecule has 3 rings (SSSR count). The Labute approximate surface area is 123 Å². The molecule has 1 aliphatic rings. The first-order chi connectivity index (χ1) is 9.69. The third-order valence-electron chi connectivity index (χ3n) is 4.06. The first-order valence-corrected chi connectivity index (χ1v) is 7.57. The zero-order valence-electron chi connectivity index (χ0n) is 11.6. The van der Waals surface area contributed by atoms with Gasteiger partial charge in [0, 0.05) is 23.0 Å². The molecule has 4 heteroatoms. The molecule has 0 radical (unpaired) electrons. The number of hydrogen-bond acceptors (Lipinski definition) is 2. The zero-order valence-corrected chi connectivity index (χ0v) is 12.3. The van der Waals surface area contributed by atoms with E-state index in [2.05, 4.69) is 0 Å². The maximum atomic E-state index is 12.6. The van der Waals surface area contributed by atoms with E-state index in [4.69, 9.17) is 16.0 Å². The van der Waals surface area contributed by atoms with Crippen molar-refractivity contribution in [3.8, 4) is 0 Å². The molecule has 1 amide bonds. The smallest absolute Gasteiger partial charge is 0.289 e. The Balaban J connectivity index is 1.90. The van der Waals surface area contributed by atoms with Crippen LogP contribution < -0.4 is 0 Å². The summed E-state index contributed by atoms with van der Waals surface area (Å²) in [5, 5.41) is 1.53. The van der Waals surface area contributed by atoms with Gasteiger partial charge in [-0.05, 0) is 44.0 Å². The molecule has 0 N–H and O–H groups in total. The Morgan fingerprint density at radius 3 is 2.80 bits per heavy atom. The minimum atomic E-state index is -0.00766. The van der Waals surface area contributed by atoms with Crippen molar-refractivity contribution in [3.05, 3.63) is 35.0 Å². The van der Waals surface area contributed by atoms with E-state index in [1.165, 1.54) is 12.8 Å². The van der Waals surface area contributed by atoms with Crippen molar-refractivity contribution in [2.75, 3.05) is 6.54 Å². The summed E-state index contributed by atoms with van der Waals surface area (Å²) in [4.78, 5) is 14.6. The summed E-state index contributed by atoms with van der Waals surface area (Å²) >= 11 is 5.96. The van der Waals surface area contributed by atoms with Gasteiger partial charge in [-0.25, -0.2) is 0 Å².